The fourth-order valence-corrected chi connectivity index (χ4v) is 2.73. The number of carbonyl (C=O) groups is 1. The minimum Gasteiger partial charge on any atom is -0.398 e. The summed E-state index contributed by atoms with van der Waals surface area (Å²) in [4.78, 5) is 13.9. The van der Waals surface area contributed by atoms with Crippen molar-refractivity contribution in [3.05, 3.63) is 36.4 Å². The highest BCUT2D eigenvalue weighted by Crippen LogP contribution is 2.33. The second kappa shape index (κ2) is 4.55. The number of fused-ring (bicyclic) bond motifs is 1. The highest BCUT2D eigenvalue weighted by atomic mass is 16.2. The SMILES string of the molecule is NCC1CC(=O)N(c2cccc3c(N)cccc23)C1. The van der Waals surface area contributed by atoms with Gasteiger partial charge in [-0.2, -0.15) is 0 Å². The molecule has 0 saturated carbocycles. The molecule has 4 nitrogen and oxygen atoms in total. The molecule has 1 atom stereocenters. The molecule has 0 radical (unpaired) electrons. The maximum atomic E-state index is 12.1. The number of hydrogen-bond donors (Lipinski definition) is 2. The Bertz CT molecular complexity index is 638. The predicted octanol–water partition coefficient (Wildman–Crippen LogP) is 1.73. The summed E-state index contributed by atoms with van der Waals surface area (Å²) in [7, 11) is 0. The van der Waals surface area contributed by atoms with Gasteiger partial charge < -0.3 is 16.4 Å². The monoisotopic (exact) mass is 255 g/mol. The van der Waals surface area contributed by atoms with Gasteiger partial charge in [-0.25, -0.2) is 0 Å². The maximum absolute atomic E-state index is 12.1. The number of carbonyl (C=O) groups excluding carboxylic acids is 1. The third kappa shape index (κ3) is 1.94. The van der Waals surface area contributed by atoms with Gasteiger partial charge in [0, 0.05) is 29.4 Å². The molecule has 19 heavy (non-hydrogen) atoms. The summed E-state index contributed by atoms with van der Waals surface area (Å²) in [5.41, 5.74) is 13.3. The summed E-state index contributed by atoms with van der Waals surface area (Å²) < 4.78 is 0. The lowest BCUT2D eigenvalue weighted by Gasteiger charge is -2.19. The van der Waals surface area contributed by atoms with Gasteiger partial charge in [0.25, 0.3) is 0 Å². The number of nitrogens with zero attached hydrogens (tertiary/aromatic N) is 1. The number of amides is 1. The van der Waals surface area contributed by atoms with Crippen LogP contribution in [0.15, 0.2) is 36.4 Å². The molecule has 1 heterocycles. The Hall–Kier alpha value is -2.07. The van der Waals surface area contributed by atoms with Crippen LogP contribution in [-0.2, 0) is 4.79 Å². The average molecular weight is 255 g/mol. The minimum atomic E-state index is 0.144. The second-order valence-electron chi connectivity index (χ2n) is 5.03. The van der Waals surface area contributed by atoms with Crippen LogP contribution in [-0.4, -0.2) is 19.0 Å². The van der Waals surface area contributed by atoms with Gasteiger partial charge in [0.2, 0.25) is 5.91 Å². The van der Waals surface area contributed by atoms with Crippen molar-refractivity contribution < 1.29 is 4.79 Å². The van der Waals surface area contributed by atoms with E-state index < -0.39 is 0 Å². The Morgan fingerprint density at radius 1 is 1.16 bits per heavy atom. The van der Waals surface area contributed by atoms with Crippen LogP contribution in [0.5, 0.6) is 0 Å². The molecule has 4 heteroatoms. The van der Waals surface area contributed by atoms with Gasteiger partial charge in [-0.1, -0.05) is 24.3 Å². The molecule has 2 aromatic rings. The normalized spacial score (nSPS) is 19.3. The van der Waals surface area contributed by atoms with E-state index in [1.54, 1.807) is 0 Å². The summed E-state index contributed by atoms with van der Waals surface area (Å²) >= 11 is 0. The van der Waals surface area contributed by atoms with E-state index in [-0.39, 0.29) is 11.8 Å². The molecule has 1 fully saturated rings. The first-order chi connectivity index (χ1) is 9.20. The molecule has 1 aliphatic heterocycles. The van der Waals surface area contributed by atoms with E-state index in [1.165, 1.54) is 0 Å². The highest BCUT2D eigenvalue weighted by Gasteiger charge is 2.30. The van der Waals surface area contributed by atoms with Gasteiger partial charge in [-0.05, 0) is 24.6 Å². The van der Waals surface area contributed by atoms with E-state index in [4.69, 9.17) is 11.5 Å². The molecular weight excluding hydrogens is 238 g/mol. The third-order valence-electron chi connectivity index (χ3n) is 3.76. The van der Waals surface area contributed by atoms with Crippen molar-refractivity contribution in [1.82, 2.24) is 0 Å². The van der Waals surface area contributed by atoms with E-state index in [2.05, 4.69) is 0 Å². The van der Waals surface area contributed by atoms with Crippen LogP contribution >= 0.6 is 0 Å². The third-order valence-corrected chi connectivity index (χ3v) is 3.76. The van der Waals surface area contributed by atoms with Crippen LogP contribution in [0.3, 0.4) is 0 Å². The summed E-state index contributed by atoms with van der Waals surface area (Å²) in [6.07, 6.45) is 0.537. The molecule has 1 amide bonds. The molecule has 2 aromatic carbocycles. The van der Waals surface area contributed by atoms with Crippen LogP contribution in [0.4, 0.5) is 11.4 Å². The fraction of sp³-hybridized carbons (Fsp3) is 0.267. The zero-order chi connectivity index (χ0) is 13.4. The zero-order valence-corrected chi connectivity index (χ0v) is 10.7. The van der Waals surface area contributed by atoms with E-state index >= 15 is 0 Å². The van der Waals surface area contributed by atoms with Gasteiger partial charge in [0.05, 0.1) is 5.69 Å². The summed E-state index contributed by atoms with van der Waals surface area (Å²) in [6, 6.07) is 11.7. The Labute approximate surface area is 112 Å². The largest absolute Gasteiger partial charge is 0.398 e. The zero-order valence-electron chi connectivity index (χ0n) is 10.7. The minimum absolute atomic E-state index is 0.144. The van der Waals surface area contributed by atoms with Gasteiger partial charge >= 0.3 is 0 Å². The Morgan fingerprint density at radius 2 is 1.89 bits per heavy atom. The number of benzene rings is 2. The number of nitrogens with two attached hydrogens (primary N) is 2. The van der Waals surface area contributed by atoms with Crippen LogP contribution in [0, 0.1) is 5.92 Å². The molecule has 1 saturated heterocycles. The Kier molecular flexibility index (Phi) is 2.87. The molecular formula is C15H17N3O. The molecule has 0 aromatic heterocycles. The van der Waals surface area contributed by atoms with Crippen molar-refractivity contribution in [2.45, 2.75) is 6.42 Å². The Morgan fingerprint density at radius 3 is 2.63 bits per heavy atom. The number of nitrogen functional groups attached to an aromatic ring is 1. The van der Waals surface area contributed by atoms with Gasteiger partial charge in [0.15, 0.2) is 0 Å². The van der Waals surface area contributed by atoms with E-state index in [1.807, 2.05) is 41.3 Å². The molecule has 4 N–H and O–H groups in total. The molecule has 98 valence electrons. The summed E-state index contributed by atoms with van der Waals surface area (Å²) in [5.74, 6) is 0.397. The lowest BCUT2D eigenvalue weighted by atomic mass is 10.1. The topological polar surface area (TPSA) is 72.4 Å². The molecule has 1 unspecified atom stereocenters. The predicted molar refractivity (Wildman–Crippen MR) is 77.9 cm³/mol. The van der Waals surface area contributed by atoms with Crippen LogP contribution in [0.1, 0.15) is 6.42 Å². The van der Waals surface area contributed by atoms with Crippen LogP contribution < -0.4 is 16.4 Å². The molecule has 3 rings (SSSR count). The molecule has 1 aliphatic rings. The molecule has 0 spiro atoms. The lowest BCUT2D eigenvalue weighted by Crippen LogP contribution is -2.25. The Balaban J connectivity index is 2.11. The summed E-state index contributed by atoms with van der Waals surface area (Å²) in [6.45, 7) is 1.25. The van der Waals surface area contributed by atoms with Crippen molar-refractivity contribution in [2.75, 3.05) is 23.7 Å². The van der Waals surface area contributed by atoms with E-state index in [9.17, 15) is 4.79 Å². The van der Waals surface area contributed by atoms with Crippen molar-refractivity contribution in [3.63, 3.8) is 0 Å². The molecule has 0 aliphatic carbocycles. The highest BCUT2D eigenvalue weighted by molar-refractivity contribution is 6.07. The average Bonchev–Trinajstić information content (AvgIpc) is 2.80. The van der Waals surface area contributed by atoms with Crippen LogP contribution in [0.25, 0.3) is 10.8 Å². The second-order valence-corrected chi connectivity index (χ2v) is 5.03. The summed E-state index contributed by atoms with van der Waals surface area (Å²) in [5, 5.41) is 2.01. The van der Waals surface area contributed by atoms with Gasteiger partial charge in [0.1, 0.15) is 0 Å². The fourth-order valence-electron chi connectivity index (χ4n) is 2.73. The van der Waals surface area contributed by atoms with E-state index in [0.29, 0.717) is 19.5 Å². The smallest absolute Gasteiger partial charge is 0.227 e. The first-order valence-corrected chi connectivity index (χ1v) is 6.48. The maximum Gasteiger partial charge on any atom is 0.227 e. The lowest BCUT2D eigenvalue weighted by molar-refractivity contribution is -0.117. The van der Waals surface area contributed by atoms with Gasteiger partial charge in [-0.3, -0.25) is 4.79 Å². The van der Waals surface area contributed by atoms with Crippen molar-refractivity contribution in [2.24, 2.45) is 11.7 Å². The van der Waals surface area contributed by atoms with Crippen molar-refractivity contribution >= 4 is 28.1 Å². The van der Waals surface area contributed by atoms with Crippen molar-refractivity contribution in [1.29, 1.82) is 0 Å². The first kappa shape index (κ1) is 12.0. The van der Waals surface area contributed by atoms with Crippen molar-refractivity contribution in [3.8, 4) is 0 Å². The number of hydrogen-bond acceptors (Lipinski definition) is 3. The number of rotatable bonds is 2. The molecule has 0 bridgehead atoms. The first-order valence-electron chi connectivity index (χ1n) is 6.48. The quantitative estimate of drug-likeness (QED) is 0.803. The van der Waals surface area contributed by atoms with Gasteiger partial charge in [-0.15, -0.1) is 0 Å². The standard InChI is InChI=1S/C15H17N3O/c16-8-10-7-15(19)18(9-10)14-6-2-3-11-12(14)4-1-5-13(11)17/h1-6,10H,7-9,16-17H2. The van der Waals surface area contributed by atoms with Crippen LogP contribution in [0.2, 0.25) is 0 Å². The van der Waals surface area contributed by atoms with E-state index in [0.717, 1.165) is 22.1 Å². The number of anilines is 2.